The van der Waals surface area contributed by atoms with Crippen LogP contribution in [0.5, 0.6) is 0 Å². The zero-order chi connectivity index (χ0) is 10.8. The van der Waals surface area contributed by atoms with Gasteiger partial charge in [-0.3, -0.25) is 4.98 Å². The quantitative estimate of drug-likeness (QED) is 0.805. The third kappa shape index (κ3) is 2.37. The number of pyridine rings is 1. The summed E-state index contributed by atoms with van der Waals surface area (Å²) in [4.78, 5) is 4.23. The van der Waals surface area contributed by atoms with Crippen molar-refractivity contribution in [1.82, 2.24) is 4.98 Å². The topological polar surface area (TPSA) is 33.1 Å². The highest BCUT2D eigenvalue weighted by Gasteiger charge is 2.28. The Morgan fingerprint density at radius 2 is 2.20 bits per heavy atom. The molecule has 15 heavy (non-hydrogen) atoms. The van der Waals surface area contributed by atoms with Crippen LogP contribution >= 0.6 is 0 Å². The average Bonchev–Trinajstić information content (AvgIpc) is 2.65. The van der Waals surface area contributed by atoms with E-state index < -0.39 is 0 Å². The molecule has 1 aromatic rings. The van der Waals surface area contributed by atoms with Crippen molar-refractivity contribution in [2.24, 2.45) is 11.8 Å². The summed E-state index contributed by atoms with van der Waals surface area (Å²) in [6.45, 7) is 4.23. The van der Waals surface area contributed by atoms with Crippen LogP contribution in [0, 0.1) is 18.8 Å². The van der Waals surface area contributed by atoms with Gasteiger partial charge in [0.2, 0.25) is 0 Å². The predicted molar refractivity (Wildman–Crippen MR) is 60.4 cm³/mol. The molecule has 0 aliphatic heterocycles. The summed E-state index contributed by atoms with van der Waals surface area (Å²) >= 11 is 0. The molecule has 1 aliphatic rings. The van der Waals surface area contributed by atoms with Gasteiger partial charge < -0.3 is 5.11 Å². The molecule has 1 N–H and O–H groups in total. The second kappa shape index (κ2) is 4.31. The standard InChI is InChI=1S/C13H19NO/c1-9-3-5-11(7-9)13(15)12-6-4-10(2)14-8-12/h4,6,8-9,11,13,15H,3,5,7H2,1-2H3. The van der Waals surface area contributed by atoms with Crippen molar-refractivity contribution in [3.8, 4) is 0 Å². The lowest BCUT2D eigenvalue weighted by Gasteiger charge is -2.18. The number of aryl methyl sites for hydroxylation is 1. The molecule has 0 saturated heterocycles. The van der Waals surface area contributed by atoms with Gasteiger partial charge in [-0.1, -0.05) is 19.4 Å². The Balaban J connectivity index is 2.07. The molecular weight excluding hydrogens is 186 g/mol. The van der Waals surface area contributed by atoms with Crippen LogP contribution in [-0.2, 0) is 0 Å². The van der Waals surface area contributed by atoms with Gasteiger partial charge in [-0.05, 0) is 43.2 Å². The van der Waals surface area contributed by atoms with Gasteiger partial charge in [-0.2, -0.15) is 0 Å². The first-order chi connectivity index (χ1) is 7.16. The molecule has 1 aliphatic carbocycles. The lowest BCUT2D eigenvalue weighted by atomic mass is 9.94. The monoisotopic (exact) mass is 205 g/mol. The van der Waals surface area contributed by atoms with E-state index in [1.54, 1.807) is 0 Å². The van der Waals surface area contributed by atoms with Gasteiger partial charge in [0, 0.05) is 11.9 Å². The minimum absolute atomic E-state index is 0.317. The molecule has 0 aromatic carbocycles. The zero-order valence-electron chi connectivity index (χ0n) is 9.48. The first-order valence-electron chi connectivity index (χ1n) is 5.77. The molecule has 1 fully saturated rings. The summed E-state index contributed by atoms with van der Waals surface area (Å²) in [6, 6.07) is 3.97. The molecule has 0 radical (unpaired) electrons. The van der Waals surface area contributed by atoms with E-state index in [4.69, 9.17) is 0 Å². The highest BCUT2D eigenvalue weighted by molar-refractivity contribution is 5.16. The lowest BCUT2D eigenvalue weighted by molar-refractivity contribution is 0.109. The molecule has 2 rings (SSSR count). The second-order valence-corrected chi connectivity index (χ2v) is 4.86. The Kier molecular flexibility index (Phi) is 3.06. The van der Waals surface area contributed by atoms with Crippen molar-refractivity contribution in [2.45, 2.75) is 39.2 Å². The fourth-order valence-electron chi connectivity index (χ4n) is 2.46. The van der Waals surface area contributed by atoms with Gasteiger partial charge in [-0.15, -0.1) is 0 Å². The van der Waals surface area contributed by atoms with Crippen molar-refractivity contribution < 1.29 is 5.11 Å². The fraction of sp³-hybridized carbons (Fsp3) is 0.615. The van der Waals surface area contributed by atoms with Crippen LogP contribution < -0.4 is 0 Å². The van der Waals surface area contributed by atoms with Crippen LogP contribution in [-0.4, -0.2) is 10.1 Å². The molecular formula is C13H19NO. The van der Waals surface area contributed by atoms with Crippen molar-refractivity contribution >= 4 is 0 Å². The number of nitrogens with zero attached hydrogens (tertiary/aromatic N) is 1. The molecule has 82 valence electrons. The first kappa shape index (κ1) is 10.6. The maximum atomic E-state index is 10.2. The summed E-state index contributed by atoms with van der Waals surface area (Å²) in [5, 5.41) is 10.2. The molecule has 1 aromatic heterocycles. The predicted octanol–water partition coefficient (Wildman–Crippen LogP) is 2.86. The Labute approximate surface area is 91.4 Å². The number of aliphatic hydroxyl groups is 1. The molecule has 3 atom stereocenters. The molecule has 3 unspecified atom stereocenters. The molecule has 0 amide bonds. The summed E-state index contributed by atoms with van der Waals surface area (Å²) in [5.74, 6) is 1.20. The maximum absolute atomic E-state index is 10.2. The molecule has 0 bridgehead atoms. The molecule has 1 saturated carbocycles. The van der Waals surface area contributed by atoms with Gasteiger partial charge in [0.25, 0.3) is 0 Å². The molecule has 0 spiro atoms. The van der Waals surface area contributed by atoms with E-state index in [2.05, 4.69) is 11.9 Å². The Morgan fingerprint density at radius 1 is 1.40 bits per heavy atom. The van der Waals surface area contributed by atoms with Crippen LogP contribution in [0.4, 0.5) is 0 Å². The largest absolute Gasteiger partial charge is 0.388 e. The van der Waals surface area contributed by atoms with Gasteiger partial charge >= 0.3 is 0 Å². The van der Waals surface area contributed by atoms with E-state index >= 15 is 0 Å². The normalized spacial score (nSPS) is 27.9. The summed E-state index contributed by atoms with van der Waals surface area (Å²) in [7, 11) is 0. The summed E-state index contributed by atoms with van der Waals surface area (Å²) in [6.07, 6.45) is 5.04. The second-order valence-electron chi connectivity index (χ2n) is 4.86. The van der Waals surface area contributed by atoms with E-state index in [0.717, 1.165) is 30.0 Å². The maximum Gasteiger partial charge on any atom is 0.0833 e. The fourth-order valence-corrected chi connectivity index (χ4v) is 2.46. The molecule has 1 heterocycles. The van der Waals surface area contributed by atoms with Crippen LogP contribution in [0.25, 0.3) is 0 Å². The van der Waals surface area contributed by atoms with E-state index in [-0.39, 0.29) is 6.10 Å². The number of rotatable bonds is 2. The number of aliphatic hydroxyl groups excluding tert-OH is 1. The summed E-state index contributed by atoms with van der Waals surface area (Å²) < 4.78 is 0. The Hall–Kier alpha value is -0.890. The van der Waals surface area contributed by atoms with Crippen LogP contribution in [0.1, 0.15) is 43.5 Å². The van der Waals surface area contributed by atoms with Crippen molar-refractivity contribution in [3.05, 3.63) is 29.6 Å². The van der Waals surface area contributed by atoms with Crippen molar-refractivity contribution in [2.75, 3.05) is 0 Å². The van der Waals surface area contributed by atoms with Gasteiger partial charge in [-0.25, -0.2) is 0 Å². The Morgan fingerprint density at radius 3 is 2.73 bits per heavy atom. The van der Waals surface area contributed by atoms with Crippen molar-refractivity contribution in [3.63, 3.8) is 0 Å². The van der Waals surface area contributed by atoms with E-state index in [1.807, 2.05) is 25.3 Å². The van der Waals surface area contributed by atoms with Crippen LogP contribution in [0.2, 0.25) is 0 Å². The smallest absolute Gasteiger partial charge is 0.0833 e. The Bertz CT molecular complexity index is 320. The first-order valence-corrected chi connectivity index (χ1v) is 5.77. The van der Waals surface area contributed by atoms with Gasteiger partial charge in [0.05, 0.1) is 6.10 Å². The highest BCUT2D eigenvalue weighted by Crippen LogP contribution is 2.38. The molecule has 2 heteroatoms. The minimum Gasteiger partial charge on any atom is -0.388 e. The third-order valence-corrected chi connectivity index (χ3v) is 3.46. The highest BCUT2D eigenvalue weighted by atomic mass is 16.3. The third-order valence-electron chi connectivity index (χ3n) is 3.46. The van der Waals surface area contributed by atoms with E-state index in [9.17, 15) is 5.11 Å². The minimum atomic E-state index is -0.317. The van der Waals surface area contributed by atoms with Gasteiger partial charge in [0.15, 0.2) is 0 Å². The van der Waals surface area contributed by atoms with E-state index in [1.165, 1.54) is 6.42 Å². The average molecular weight is 205 g/mol. The molecule has 2 nitrogen and oxygen atoms in total. The van der Waals surface area contributed by atoms with Crippen molar-refractivity contribution in [1.29, 1.82) is 0 Å². The number of hydrogen-bond donors (Lipinski definition) is 1. The SMILES string of the molecule is Cc1ccc(C(O)C2CCC(C)C2)cn1. The zero-order valence-corrected chi connectivity index (χ0v) is 9.48. The van der Waals surface area contributed by atoms with Crippen LogP contribution in [0.15, 0.2) is 18.3 Å². The number of aromatic nitrogens is 1. The number of hydrogen-bond acceptors (Lipinski definition) is 2. The van der Waals surface area contributed by atoms with Gasteiger partial charge in [0.1, 0.15) is 0 Å². The van der Waals surface area contributed by atoms with E-state index in [0.29, 0.717) is 5.92 Å². The lowest BCUT2D eigenvalue weighted by Crippen LogP contribution is -2.09. The van der Waals surface area contributed by atoms with Crippen LogP contribution in [0.3, 0.4) is 0 Å². The summed E-state index contributed by atoms with van der Waals surface area (Å²) in [5.41, 5.74) is 1.98.